The first-order valence-corrected chi connectivity index (χ1v) is 10.4. The van der Waals surface area contributed by atoms with Crippen LogP contribution in [0.4, 0.5) is 4.39 Å². The molecule has 3 rings (SSSR count). The molecule has 2 heterocycles. The van der Waals surface area contributed by atoms with Crippen molar-refractivity contribution in [3.63, 3.8) is 0 Å². The van der Waals surface area contributed by atoms with Crippen molar-refractivity contribution >= 4 is 33.4 Å². The summed E-state index contributed by atoms with van der Waals surface area (Å²) in [6.07, 6.45) is 1.36. The van der Waals surface area contributed by atoms with Crippen LogP contribution in [0.15, 0.2) is 46.5 Å². The second kappa shape index (κ2) is 8.01. The van der Waals surface area contributed by atoms with E-state index in [9.17, 15) is 12.8 Å². The van der Waals surface area contributed by atoms with E-state index < -0.39 is 10.0 Å². The molecule has 0 amide bonds. The van der Waals surface area contributed by atoms with Crippen LogP contribution >= 0.6 is 23.4 Å². The molecular formula is C16H16ClFN2O3S2. The van der Waals surface area contributed by atoms with Gasteiger partial charge in [0.1, 0.15) is 10.7 Å². The van der Waals surface area contributed by atoms with Crippen LogP contribution in [0.25, 0.3) is 0 Å². The number of halogens is 2. The average molecular weight is 403 g/mol. The topological polar surface area (TPSA) is 59.5 Å². The molecule has 25 heavy (non-hydrogen) atoms. The van der Waals surface area contributed by atoms with Crippen LogP contribution in [0.2, 0.25) is 5.02 Å². The molecule has 1 aromatic carbocycles. The van der Waals surface area contributed by atoms with Gasteiger partial charge >= 0.3 is 0 Å². The lowest BCUT2D eigenvalue weighted by molar-refractivity contribution is 0.0730. The van der Waals surface area contributed by atoms with Crippen molar-refractivity contribution in [1.29, 1.82) is 0 Å². The summed E-state index contributed by atoms with van der Waals surface area (Å²) < 4.78 is 44.7. The molecule has 0 saturated carbocycles. The van der Waals surface area contributed by atoms with Gasteiger partial charge in [0.25, 0.3) is 0 Å². The summed E-state index contributed by atoms with van der Waals surface area (Å²) in [4.78, 5) is 4.38. The summed E-state index contributed by atoms with van der Waals surface area (Å²) in [6, 6.07) is 7.46. The van der Waals surface area contributed by atoms with Gasteiger partial charge in [-0.2, -0.15) is 4.31 Å². The number of hydrogen-bond acceptors (Lipinski definition) is 5. The van der Waals surface area contributed by atoms with E-state index in [2.05, 4.69) is 4.98 Å². The molecule has 1 aliphatic heterocycles. The lowest BCUT2D eigenvalue weighted by Crippen LogP contribution is -2.40. The number of rotatable bonds is 5. The second-order valence-electron chi connectivity index (χ2n) is 5.37. The molecule has 0 radical (unpaired) electrons. The van der Waals surface area contributed by atoms with Crippen LogP contribution in [0.3, 0.4) is 0 Å². The van der Waals surface area contributed by atoms with E-state index in [4.69, 9.17) is 16.3 Å². The van der Waals surface area contributed by atoms with Crippen LogP contribution in [0.5, 0.6) is 0 Å². The Hall–Kier alpha value is -1.19. The van der Waals surface area contributed by atoms with Crippen molar-refractivity contribution in [2.75, 3.05) is 26.3 Å². The summed E-state index contributed by atoms with van der Waals surface area (Å²) >= 11 is 7.40. The zero-order valence-corrected chi connectivity index (χ0v) is 15.6. The van der Waals surface area contributed by atoms with Gasteiger partial charge in [0.2, 0.25) is 10.0 Å². The van der Waals surface area contributed by atoms with E-state index in [0.29, 0.717) is 42.1 Å². The molecule has 0 spiro atoms. The summed E-state index contributed by atoms with van der Waals surface area (Å²) in [7, 11) is -3.54. The van der Waals surface area contributed by atoms with Crippen molar-refractivity contribution in [2.24, 2.45) is 0 Å². The van der Waals surface area contributed by atoms with E-state index in [1.807, 2.05) is 0 Å². The second-order valence-corrected chi connectivity index (χ2v) is 8.71. The first-order valence-electron chi connectivity index (χ1n) is 7.57. The summed E-state index contributed by atoms with van der Waals surface area (Å²) in [5, 5.41) is 1.03. The molecular weight excluding hydrogens is 387 g/mol. The highest BCUT2D eigenvalue weighted by Crippen LogP contribution is 2.27. The maximum atomic E-state index is 13.0. The highest BCUT2D eigenvalue weighted by atomic mass is 35.5. The van der Waals surface area contributed by atoms with E-state index in [1.54, 1.807) is 18.2 Å². The van der Waals surface area contributed by atoms with E-state index in [0.717, 1.165) is 5.56 Å². The molecule has 0 N–H and O–H groups in total. The zero-order valence-electron chi connectivity index (χ0n) is 13.2. The Labute approximate surface area is 155 Å². The predicted octanol–water partition coefficient (Wildman–Crippen LogP) is 3.19. The molecule has 134 valence electrons. The molecule has 0 atom stereocenters. The van der Waals surface area contributed by atoms with Crippen molar-refractivity contribution in [3.05, 3.63) is 52.9 Å². The SMILES string of the molecule is O=S(=O)(c1ccc(SCc2ccc(F)cc2Cl)nc1)N1CCOCC1. The first-order chi connectivity index (χ1) is 12.0. The van der Waals surface area contributed by atoms with Gasteiger partial charge in [-0.1, -0.05) is 17.7 Å². The molecule has 0 bridgehead atoms. The molecule has 5 nitrogen and oxygen atoms in total. The quantitative estimate of drug-likeness (QED) is 0.719. The molecule has 0 aliphatic carbocycles. The number of ether oxygens (including phenoxy) is 1. The van der Waals surface area contributed by atoms with E-state index >= 15 is 0 Å². The number of hydrogen-bond donors (Lipinski definition) is 0. The number of sulfonamides is 1. The van der Waals surface area contributed by atoms with Gasteiger partial charge in [-0.15, -0.1) is 11.8 Å². The minimum Gasteiger partial charge on any atom is -0.379 e. The standard InChI is InChI=1S/C16H16ClFN2O3S2/c17-15-9-13(18)2-1-12(15)11-24-16-4-3-14(10-19-16)25(21,22)20-5-7-23-8-6-20/h1-4,9-10H,5-8,11H2. The third-order valence-electron chi connectivity index (χ3n) is 3.71. The lowest BCUT2D eigenvalue weighted by atomic mass is 10.2. The number of benzene rings is 1. The van der Waals surface area contributed by atoms with E-state index in [-0.39, 0.29) is 10.7 Å². The third kappa shape index (κ3) is 4.51. The van der Waals surface area contributed by atoms with Crippen LogP contribution in [-0.4, -0.2) is 44.0 Å². The fourth-order valence-electron chi connectivity index (χ4n) is 2.33. The van der Waals surface area contributed by atoms with Crippen LogP contribution in [-0.2, 0) is 20.5 Å². The minimum atomic E-state index is -3.54. The van der Waals surface area contributed by atoms with E-state index in [1.165, 1.54) is 34.4 Å². The number of aromatic nitrogens is 1. The Morgan fingerprint density at radius 2 is 2.00 bits per heavy atom. The molecule has 1 aromatic heterocycles. The molecule has 2 aromatic rings. The van der Waals surface area contributed by atoms with Crippen molar-refractivity contribution in [2.45, 2.75) is 15.7 Å². The maximum Gasteiger partial charge on any atom is 0.244 e. The summed E-state index contributed by atoms with van der Waals surface area (Å²) in [5.41, 5.74) is 0.792. The van der Waals surface area contributed by atoms with Gasteiger partial charge in [0.05, 0.1) is 18.2 Å². The fraction of sp³-hybridized carbons (Fsp3) is 0.312. The van der Waals surface area contributed by atoms with Gasteiger partial charge in [0.15, 0.2) is 0 Å². The predicted molar refractivity (Wildman–Crippen MR) is 94.8 cm³/mol. The zero-order chi connectivity index (χ0) is 17.9. The molecule has 0 unspecified atom stereocenters. The average Bonchev–Trinajstić information content (AvgIpc) is 2.62. The highest BCUT2D eigenvalue weighted by molar-refractivity contribution is 7.98. The highest BCUT2D eigenvalue weighted by Gasteiger charge is 2.26. The van der Waals surface area contributed by atoms with Crippen molar-refractivity contribution < 1.29 is 17.5 Å². The Morgan fingerprint density at radius 3 is 2.64 bits per heavy atom. The molecule has 1 saturated heterocycles. The van der Waals surface area contributed by atoms with Crippen LogP contribution < -0.4 is 0 Å². The number of nitrogens with zero attached hydrogens (tertiary/aromatic N) is 2. The number of pyridine rings is 1. The first kappa shape index (κ1) is 18.6. The largest absolute Gasteiger partial charge is 0.379 e. The monoisotopic (exact) mass is 402 g/mol. The Bertz CT molecular complexity index is 841. The van der Waals surface area contributed by atoms with Crippen LogP contribution in [0, 0.1) is 5.82 Å². The normalized spacial score (nSPS) is 16.1. The number of morpholine rings is 1. The Morgan fingerprint density at radius 1 is 1.24 bits per heavy atom. The lowest BCUT2D eigenvalue weighted by Gasteiger charge is -2.25. The third-order valence-corrected chi connectivity index (χ3v) is 6.93. The van der Waals surface area contributed by atoms with Crippen molar-refractivity contribution in [1.82, 2.24) is 9.29 Å². The van der Waals surface area contributed by atoms with Gasteiger partial charge in [-0.25, -0.2) is 17.8 Å². The van der Waals surface area contributed by atoms with Gasteiger partial charge < -0.3 is 4.74 Å². The van der Waals surface area contributed by atoms with Crippen molar-refractivity contribution in [3.8, 4) is 0 Å². The molecule has 1 aliphatic rings. The summed E-state index contributed by atoms with van der Waals surface area (Å²) in [6.45, 7) is 1.50. The Kier molecular flexibility index (Phi) is 5.96. The Balaban J connectivity index is 1.67. The fourth-order valence-corrected chi connectivity index (χ4v) is 4.84. The maximum absolute atomic E-state index is 13.0. The van der Waals surface area contributed by atoms with Gasteiger partial charge in [-0.05, 0) is 29.8 Å². The van der Waals surface area contributed by atoms with Crippen LogP contribution in [0.1, 0.15) is 5.56 Å². The summed E-state index contributed by atoms with van der Waals surface area (Å²) in [5.74, 6) is 0.136. The molecule has 9 heteroatoms. The smallest absolute Gasteiger partial charge is 0.244 e. The van der Waals surface area contributed by atoms with Gasteiger partial charge in [0, 0.05) is 30.1 Å². The number of thioether (sulfide) groups is 1. The molecule has 1 fully saturated rings. The minimum absolute atomic E-state index is 0.165. The van der Waals surface area contributed by atoms with Gasteiger partial charge in [-0.3, -0.25) is 0 Å².